The highest BCUT2D eigenvalue weighted by molar-refractivity contribution is 7.17. The molecule has 17 heteroatoms. The van der Waals surface area contributed by atoms with Crippen LogP contribution in [0.25, 0.3) is 10.4 Å². The Balaban J connectivity index is 2.18. The van der Waals surface area contributed by atoms with Gasteiger partial charge in [-0.2, -0.15) is 26.3 Å². The lowest BCUT2D eigenvalue weighted by Gasteiger charge is -2.33. The van der Waals surface area contributed by atoms with Crippen LogP contribution in [0.4, 0.5) is 30.7 Å². The third-order valence-electron chi connectivity index (χ3n) is 5.95. The fourth-order valence-electron chi connectivity index (χ4n) is 3.83. The molecule has 222 valence electrons. The van der Waals surface area contributed by atoms with Crippen molar-refractivity contribution in [3.8, 4) is 10.4 Å². The van der Waals surface area contributed by atoms with Gasteiger partial charge in [-0.1, -0.05) is 35.3 Å². The Hall–Kier alpha value is -2.20. The molecule has 1 saturated heterocycles. The van der Waals surface area contributed by atoms with Gasteiger partial charge in [0, 0.05) is 30.6 Å². The summed E-state index contributed by atoms with van der Waals surface area (Å²) in [4.78, 5) is 30.8. The maximum absolute atomic E-state index is 14.4. The van der Waals surface area contributed by atoms with Gasteiger partial charge in [0.25, 0.3) is 17.4 Å². The number of hydrogen-bond acceptors (Lipinski definition) is 6. The van der Waals surface area contributed by atoms with Crippen LogP contribution in [0, 0.1) is 0 Å². The minimum atomic E-state index is -6.24. The van der Waals surface area contributed by atoms with E-state index in [1.807, 2.05) is 0 Å². The topological polar surface area (TPSA) is 103 Å². The molecule has 0 aliphatic carbocycles. The maximum atomic E-state index is 14.4. The van der Waals surface area contributed by atoms with E-state index >= 15 is 0 Å². The van der Waals surface area contributed by atoms with Crippen LogP contribution in [0.15, 0.2) is 12.1 Å². The normalized spacial score (nSPS) is 18.8. The number of thiazole rings is 1. The van der Waals surface area contributed by atoms with Gasteiger partial charge in [0.15, 0.2) is 5.01 Å². The second-order valence-corrected chi connectivity index (χ2v) is 11.8. The zero-order valence-corrected chi connectivity index (χ0v) is 23.2. The number of aromatic nitrogens is 1. The van der Waals surface area contributed by atoms with Crippen LogP contribution >= 0.6 is 34.5 Å². The molecule has 1 fully saturated rings. The van der Waals surface area contributed by atoms with E-state index in [-0.39, 0.29) is 47.6 Å². The van der Waals surface area contributed by atoms with E-state index in [2.05, 4.69) is 10.3 Å². The second-order valence-electron chi connectivity index (χ2n) is 10.1. The lowest BCUT2D eigenvalue weighted by atomic mass is 9.91. The molecule has 0 unspecified atom stereocenters. The minimum absolute atomic E-state index is 0.0219. The first-order valence-electron chi connectivity index (χ1n) is 11.3. The third-order valence-corrected chi connectivity index (χ3v) is 7.92. The predicted molar refractivity (Wildman–Crippen MR) is 132 cm³/mol. The third kappa shape index (κ3) is 6.17. The van der Waals surface area contributed by atoms with E-state index in [1.165, 1.54) is 20.8 Å². The van der Waals surface area contributed by atoms with Crippen molar-refractivity contribution in [2.45, 2.75) is 56.4 Å². The van der Waals surface area contributed by atoms with Crippen LogP contribution in [-0.4, -0.2) is 75.2 Å². The molecule has 1 aromatic carbocycles. The Morgan fingerprint density at radius 3 is 2.15 bits per heavy atom. The fraction of sp³-hybridized carbons (Fsp3) is 0.522. The van der Waals surface area contributed by atoms with Gasteiger partial charge in [-0.25, -0.2) is 9.37 Å². The monoisotopic (exact) mass is 639 g/mol. The number of halogens is 9. The van der Waals surface area contributed by atoms with E-state index < -0.39 is 62.3 Å². The molecule has 1 aromatic heterocycles. The summed E-state index contributed by atoms with van der Waals surface area (Å²) in [7, 11) is 0. The number of amides is 2. The summed E-state index contributed by atoms with van der Waals surface area (Å²) in [5.74, 6) is -1.75. The summed E-state index contributed by atoms with van der Waals surface area (Å²) in [5, 5.41) is 19.4. The minimum Gasteiger partial charge on any atom is -0.389 e. The molecule has 1 aliphatic rings. The molecule has 2 amide bonds. The van der Waals surface area contributed by atoms with Crippen molar-refractivity contribution in [3.63, 3.8) is 0 Å². The smallest absolute Gasteiger partial charge is 0.389 e. The average Bonchev–Trinajstić information content (AvgIpc) is 3.40. The lowest BCUT2D eigenvalue weighted by molar-refractivity contribution is -0.376. The second kappa shape index (κ2) is 10.6. The number of carbonyl (C=O) groups excluding carboxylic acids is 2. The van der Waals surface area contributed by atoms with Crippen molar-refractivity contribution in [1.29, 1.82) is 0 Å². The standard InChI is InChI=1S/C23H22Cl2F7N3O4S/c1-19(2,38)8-33-16(36)17-34-14(18(37)35-7-6-20(3,26)9-35)15(40-17)10-4-5-11(13(25)12(10)24)21(39,22(27,28)29)23(30,31)32/h4-5,38-39H,6-9H2,1-3H3,(H,33,36)/t20-/m1/s1. The predicted octanol–water partition coefficient (Wildman–Crippen LogP) is 5.50. The Morgan fingerprint density at radius 2 is 1.68 bits per heavy atom. The van der Waals surface area contributed by atoms with Gasteiger partial charge in [0.05, 0.1) is 27.1 Å². The first-order chi connectivity index (χ1) is 18.0. The Bertz CT molecular complexity index is 1310. The summed E-state index contributed by atoms with van der Waals surface area (Å²) in [5.41, 5.74) is -11.1. The molecule has 2 heterocycles. The highest BCUT2D eigenvalue weighted by Crippen LogP contribution is 2.54. The van der Waals surface area contributed by atoms with Gasteiger partial charge in [-0.3, -0.25) is 9.59 Å². The molecule has 0 saturated carbocycles. The Labute approximate surface area is 236 Å². The molecule has 2 aromatic rings. The highest BCUT2D eigenvalue weighted by atomic mass is 35.5. The molecule has 0 bridgehead atoms. The quantitative estimate of drug-likeness (QED) is 0.362. The summed E-state index contributed by atoms with van der Waals surface area (Å²) in [6.07, 6.45) is -12.5. The fourth-order valence-corrected chi connectivity index (χ4v) is 5.46. The summed E-state index contributed by atoms with van der Waals surface area (Å²) >= 11 is 12.5. The molecular weight excluding hydrogens is 618 g/mol. The average molecular weight is 640 g/mol. The number of rotatable bonds is 6. The van der Waals surface area contributed by atoms with Crippen molar-refractivity contribution in [2.75, 3.05) is 19.6 Å². The SMILES string of the molecule is CC(C)(O)CNC(=O)c1nc(C(=O)N2CC[C@@](C)(F)C2)c(-c2ccc(C(O)(C(F)(F)F)C(F)(F)F)c(Cl)c2Cl)s1. The van der Waals surface area contributed by atoms with Crippen LogP contribution in [0.5, 0.6) is 0 Å². The van der Waals surface area contributed by atoms with Crippen molar-refractivity contribution in [3.05, 3.63) is 38.4 Å². The molecule has 3 N–H and O–H groups in total. The molecule has 0 radical (unpaired) electrons. The molecule has 7 nitrogen and oxygen atoms in total. The molecule has 3 rings (SSSR count). The molecule has 40 heavy (non-hydrogen) atoms. The number of likely N-dealkylation sites (tertiary alicyclic amines) is 1. The molecular formula is C23H22Cl2F7N3O4S. The van der Waals surface area contributed by atoms with Crippen molar-refractivity contribution in [2.24, 2.45) is 0 Å². The number of alkyl halides is 7. The Morgan fingerprint density at radius 1 is 1.10 bits per heavy atom. The largest absolute Gasteiger partial charge is 0.430 e. The van der Waals surface area contributed by atoms with Gasteiger partial charge in [0.1, 0.15) is 11.4 Å². The zero-order valence-electron chi connectivity index (χ0n) is 20.9. The van der Waals surface area contributed by atoms with Crippen LogP contribution in [0.1, 0.15) is 53.0 Å². The summed E-state index contributed by atoms with van der Waals surface area (Å²) < 4.78 is 95.1. The first-order valence-corrected chi connectivity index (χ1v) is 12.9. The van der Waals surface area contributed by atoms with Crippen LogP contribution < -0.4 is 5.32 Å². The van der Waals surface area contributed by atoms with Gasteiger partial charge in [-0.05, 0) is 20.8 Å². The lowest BCUT2D eigenvalue weighted by Crippen LogP contribution is -2.54. The van der Waals surface area contributed by atoms with E-state index in [0.717, 1.165) is 4.90 Å². The molecule has 0 spiro atoms. The summed E-state index contributed by atoms with van der Waals surface area (Å²) in [6, 6.07) is 0.916. The maximum Gasteiger partial charge on any atom is 0.430 e. The van der Waals surface area contributed by atoms with Gasteiger partial charge in [-0.15, -0.1) is 11.3 Å². The van der Waals surface area contributed by atoms with Crippen molar-refractivity contribution in [1.82, 2.24) is 15.2 Å². The number of carbonyl (C=O) groups is 2. The molecule has 1 aliphatic heterocycles. The number of aliphatic hydroxyl groups is 2. The number of hydrogen-bond donors (Lipinski definition) is 3. The zero-order chi connectivity index (χ0) is 30.6. The van der Waals surface area contributed by atoms with E-state index in [4.69, 9.17) is 23.2 Å². The van der Waals surface area contributed by atoms with Crippen molar-refractivity contribution >= 4 is 46.4 Å². The van der Waals surface area contributed by atoms with Gasteiger partial charge in [0.2, 0.25) is 0 Å². The molecule has 1 atom stereocenters. The van der Waals surface area contributed by atoms with Gasteiger partial charge < -0.3 is 20.4 Å². The van der Waals surface area contributed by atoms with Gasteiger partial charge >= 0.3 is 12.4 Å². The number of nitrogens with one attached hydrogen (secondary N) is 1. The number of nitrogens with zero attached hydrogens (tertiary/aromatic N) is 2. The van der Waals surface area contributed by atoms with E-state index in [1.54, 1.807) is 0 Å². The van der Waals surface area contributed by atoms with Crippen LogP contribution in [-0.2, 0) is 5.60 Å². The van der Waals surface area contributed by atoms with Crippen LogP contribution in [0.2, 0.25) is 10.0 Å². The highest BCUT2D eigenvalue weighted by Gasteiger charge is 2.72. The summed E-state index contributed by atoms with van der Waals surface area (Å²) in [6.45, 7) is 3.41. The van der Waals surface area contributed by atoms with Crippen molar-refractivity contribution < 1.29 is 50.5 Å². The van der Waals surface area contributed by atoms with E-state index in [0.29, 0.717) is 17.4 Å². The van der Waals surface area contributed by atoms with Crippen LogP contribution in [0.3, 0.4) is 0 Å². The first kappa shape index (κ1) is 32.3. The van der Waals surface area contributed by atoms with E-state index in [9.17, 15) is 50.5 Å². The Kier molecular flexibility index (Phi) is 8.54. The number of benzene rings is 1.